The number of hydrogen-bond donors (Lipinski definition) is 0. The van der Waals surface area contributed by atoms with Gasteiger partial charge in [0.1, 0.15) is 0 Å². The molecule has 0 aromatic heterocycles. The van der Waals surface area contributed by atoms with Crippen LogP contribution in [0.15, 0.2) is 0 Å². The molecule has 2 nitrogen and oxygen atoms in total. The van der Waals surface area contributed by atoms with Crippen LogP contribution in [0.5, 0.6) is 0 Å². The van der Waals surface area contributed by atoms with Crippen molar-refractivity contribution in [3.05, 3.63) is 0 Å². The number of rotatable bonds is 4. The standard InChI is InChI=1S/C9H20ClO2P/c1-6-7-13(10,11)12-8(2)9(3,4)5/h8H,6-7H2,1-5H3. The van der Waals surface area contributed by atoms with Crippen molar-refractivity contribution >= 4 is 18.0 Å². The van der Waals surface area contributed by atoms with Gasteiger partial charge in [0.15, 0.2) is 0 Å². The van der Waals surface area contributed by atoms with Crippen LogP contribution >= 0.6 is 18.0 Å². The van der Waals surface area contributed by atoms with E-state index in [1.165, 1.54) is 0 Å². The van der Waals surface area contributed by atoms with Crippen molar-refractivity contribution in [2.45, 2.75) is 47.1 Å². The van der Waals surface area contributed by atoms with E-state index in [0.29, 0.717) is 6.16 Å². The van der Waals surface area contributed by atoms with Crippen molar-refractivity contribution in [3.63, 3.8) is 0 Å². The summed E-state index contributed by atoms with van der Waals surface area (Å²) in [5.41, 5.74) is -0.0156. The maximum atomic E-state index is 11.6. The van der Waals surface area contributed by atoms with Crippen LogP contribution in [0.25, 0.3) is 0 Å². The fourth-order valence-corrected chi connectivity index (χ4v) is 3.01. The molecule has 0 N–H and O–H groups in total. The monoisotopic (exact) mass is 226 g/mol. The Morgan fingerprint density at radius 3 is 2.23 bits per heavy atom. The predicted molar refractivity (Wildman–Crippen MR) is 58.6 cm³/mol. The highest BCUT2D eigenvalue weighted by molar-refractivity contribution is 7.85. The van der Waals surface area contributed by atoms with Crippen molar-refractivity contribution < 1.29 is 9.09 Å². The molecule has 0 aliphatic carbocycles. The smallest absolute Gasteiger partial charge is 0.290 e. The molecule has 4 heteroatoms. The molecule has 0 aromatic rings. The molecule has 0 aromatic carbocycles. The molecule has 0 saturated heterocycles. The van der Waals surface area contributed by atoms with Crippen LogP contribution in [-0.2, 0) is 9.09 Å². The molecule has 0 spiro atoms. The summed E-state index contributed by atoms with van der Waals surface area (Å²) >= 11 is 5.77. The van der Waals surface area contributed by atoms with Crippen molar-refractivity contribution in [3.8, 4) is 0 Å². The fourth-order valence-electron chi connectivity index (χ4n) is 0.714. The van der Waals surface area contributed by atoms with Gasteiger partial charge >= 0.3 is 0 Å². The molecule has 0 saturated carbocycles. The lowest BCUT2D eigenvalue weighted by Gasteiger charge is -2.28. The third-order valence-corrected chi connectivity index (χ3v) is 4.38. The van der Waals surface area contributed by atoms with E-state index in [1.54, 1.807) is 0 Å². The van der Waals surface area contributed by atoms with Gasteiger partial charge in [0.25, 0.3) is 6.72 Å². The van der Waals surface area contributed by atoms with Gasteiger partial charge in [-0.15, -0.1) is 0 Å². The zero-order valence-corrected chi connectivity index (χ0v) is 10.8. The van der Waals surface area contributed by atoms with E-state index in [1.807, 2.05) is 34.6 Å². The first-order valence-electron chi connectivity index (χ1n) is 4.66. The largest absolute Gasteiger partial charge is 0.314 e. The van der Waals surface area contributed by atoms with E-state index >= 15 is 0 Å². The summed E-state index contributed by atoms with van der Waals surface area (Å²) in [5.74, 6) is 0. The van der Waals surface area contributed by atoms with E-state index in [9.17, 15) is 4.57 Å². The Labute approximate surface area is 86.2 Å². The van der Waals surface area contributed by atoms with Crippen LogP contribution in [0, 0.1) is 5.41 Å². The lowest BCUT2D eigenvalue weighted by atomic mass is 9.91. The van der Waals surface area contributed by atoms with E-state index in [2.05, 4.69) is 0 Å². The Morgan fingerprint density at radius 1 is 1.46 bits per heavy atom. The van der Waals surface area contributed by atoms with Gasteiger partial charge < -0.3 is 4.52 Å². The van der Waals surface area contributed by atoms with Crippen LogP contribution in [0.4, 0.5) is 0 Å². The molecule has 13 heavy (non-hydrogen) atoms. The first kappa shape index (κ1) is 13.5. The number of hydrogen-bond acceptors (Lipinski definition) is 2. The SMILES string of the molecule is CCCP(=O)(Cl)OC(C)C(C)(C)C. The van der Waals surface area contributed by atoms with Crippen LogP contribution in [0.2, 0.25) is 0 Å². The molecule has 0 aliphatic heterocycles. The second kappa shape index (κ2) is 4.82. The molecule has 0 bridgehead atoms. The molecule has 2 atom stereocenters. The molecule has 0 aliphatic rings. The summed E-state index contributed by atoms with van der Waals surface area (Å²) in [7, 11) is 0. The van der Waals surface area contributed by atoms with Gasteiger partial charge in [-0.05, 0) is 30.0 Å². The molecule has 0 radical (unpaired) electrons. The zero-order valence-electron chi connectivity index (χ0n) is 9.13. The van der Waals surface area contributed by atoms with Gasteiger partial charge in [0.05, 0.1) is 6.10 Å². The summed E-state index contributed by atoms with van der Waals surface area (Å²) in [6.45, 7) is 7.11. The third kappa shape index (κ3) is 5.72. The van der Waals surface area contributed by atoms with Crippen LogP contribution in [-0.4, -0.2) is 12.3 Å². The van der Waals surface area contributed by atoms with Crippen LogP contribution in [0.1, 0.15) is 41.0 Å². The first-order valence-corrected chi connectivity index (χ1v) is 7.37. The maximum Gasteiger partial charge on any atom is 0.290 e. The quantitative estimate of drug-likeness (QED) is 0.669. The minimum Gasteiger partial charge on any atom is -0.314 e. The Kier molecular flexibility index (Phi) is 4.99. The van der Waals surface area contributed by atoms with E-state index in [-0.39, 0.29) is 11.5 Å². The lowest BCUT2D eigenvalue weighted by molar-refractivity contribution is 0.110. The van der Waals surface area contributed by atoms with E-state index < -0.39 is 6.72 Å². The third-order valence-electron chi connectivity index (χ3n) is 2.03. The van der Waals surface area contributed by atoms with E-state index in [4.69, 9.17) is 15.8 Å². The summed E-state index contributed by atoms with van der Waals surface area (Å²) in [4.78, 5) is 0. The molecule has 0 amide bonds. The highest BCUT2D eigenvalue weighted by Gasteiger charge is 2.28. The van der Waals surface area contributed by atoms with Crippen LogP contribution < -0.4 is 0 Å². The summed E-state index contributed by atoms with van der Waals surface area (Å²) < 4.78 is 17.0. The Morgan fingerprint density at radius 2 is 1.92 bits per heavy atom. The molecule has 2 unspecified atom stereocenters. The Balaban J connectivity index is 4.20. The lowest BCUT2D eigenvalue weighted by Crippen LogP contribution is -2.24. The van der Waals surface area contributed by atoms with Gasteiger partial charge in [-0.3, -0.25) is 4.57 Å². The molecular formula is C9H20ClO2P. The minimum absolute atomic E-state index is 0.0156. The Hall–Kier alpha value is 0.480. The molecule has 0 fully saturated rings. The van der Waals surface area contributed by atoms with Crippen molar-refractivity contribution in [1.29, 1.82) is 0 Å². The Bertz CT molecular complexity index is 198. The number of halogens is 1. The van der Waals surface area contributed by atoms with Gasteiger partial charge in [-0.2, -0.15) is 0 Å². The molecule has 0 heterocycles. The normalized spacial score (nSPS) is 19.5. The fraction of sp³-hybridized carbons (Fsp3) is 1.00. The average Bonchev–Trinajstić information content (AvgIpc) is 1.83. The molecule has 0 rings (SSSR count). The van der Waals surface area contributed by atoms with Gasteiger partial charge in [0, 0.05) is 6.16 Å². The average molecular weight is 227 g/mol. The second-order valence-electron chi connectivity index (χ2n) is 4.43. The first-order chi connectivity index (χ1) is 5.69. The highest BCUT2D eigenvalue weighted by Crippen LogP contribution is 2.55. The van der Waals surface area contributed by atoms with Crippen molar-refractivity contribution in [1.82, 2.24) is 0 Å². The highest BCUT2D eigenvalue weighted by atomic mass is 35.7. The maximum absolute atomic E-state index is 11.6. The summed E-state index contributed by atoms with van der Waals surface area (Å²) in [5, 5.41) is 0. The molecule has 80 valence electrons. The van der Waals surface area contributed by atoms with Crippen LogP contribution in [0.3, 0.4) is 0 Å². The molecular weight excluding hydrogens is 207 g/mol. The summed E-state index contributed by atoms with van der Waals surface area (Å²) in [6.07, 6.45) is 1.16. The van der Waals surface area contributed by atoms with Crippen molar-refractivity contribution in [2.24, 2.45) is 5.41 Å². The topological polar surface area (TPSA) is 26.3 Å². The van der Waals surface area contributed by atoms with Gasteiger partial charge in [-0.25, -0.2) is 0 Å². The summed E-state index contributed by atoms with van der Waals surface area (Å²) in [6, 6.07) is 0. The van der Waals surface area contributed by atoms with Gasteiger partial charge in [0.2, 0.25) is 0 Å². The van der Waals surface area contributed by atoms with Crippen molar-refractivity contribution in [2.75, 3.05) is 6.16 Å². The zero-order chi connectivity index (χ0) is 10.7. The minimum atomic E-state index is -2.87. The van der Waals surface area contributed by atoms with E-state index in [0.717, 1.165) is 6.42 Å². The van der Waals surface area contributed by atoms with Gasteiger partial charge in [-0.1, -0.05) is 27.7 Å². The predicted octanol–water partition coefficient (Wildman–Crippen LogP) is 4.28. The second-order valence-corrected chi connectivity index (χ2v) is 7.81.